The van der Waals surface area contributed by atoms with E-state index in [1.807, 2.05) is 0 Å². The van der Waals surface area contributed by atoms with Gasteiger partial charge in [0.15, 0.2) is 0 Å². The van der Waals surface area contributed by atoms with Gasteiger partial charge in [-0.05, 0) is 83.1 Å². The summed E-state index contributed by atoms with van der Waals surface area (Å²) in [6, 6.07) is 21.2. The van der Waals surface area contributed by atoms with Crippen LogP contribution >= 0.6 is 23.2 Å². The fraction of sp³-hybridized carbons (Fsp3) is 0.286. The number of rotatable bonds is 4. The number of aliphatic carboxylic acids is 5. The molecule has 60 heavy (non-hydrogen) atoms. The molecule has 25 heteroatoms. The fourth-order valence-electron chi connectivity index (χ4n) is 1.93. The first-order valence-electron chi connectivity index (χ1n) is 14.7. The summed E-state index contributed by atoms with van der Waals surface area (Å²) in [5.74, 6) is -5.42. The van der Waals surface area contributed by atoms with Crippen molar-refractivity contribution in [3.05, 3.63) is 120 Å². The van der Waals surface area contributed by atoms with Crippen molar-refractivity contribution in [3.63, 3.8) is 0 Å². The summed E-state index contributed by atoms with van der Waals surface area (Å²) in [5, 5.41) is 84.9. The van der Waals surface area contributed by atoms with Crippen molar-refractivity contribution in [1.29, 1.82) is 0 Å². The van der Waals surface area contributed by atoms with Crippen molar-refractivity contribution in [2.24, 2.45) is 0 Å². The molecule has 4 aromatic rings. The van der Waals surface area contributed by atoms with Crippen LogP contribution in [0.5, 0.6) is 0 Å². The SMILES string of the molecule is CC(=O)[O-].CC(=O)[O-].CC(=O)[O-].CC(=O)[O-].CC(=O)[O-].ClCCl.[Ni+2].[Ni+2].[Ni+2].[O-]Cc1ccccn1.[O-]Cc1ccccn1.[O-]Cc1ccccn1.[O-]Cc1ccccn1.[OH3+].[Y+3]. The van der Waals surface area contributed by atoms with Gasteiger partial charge in [0.1, 0.15) is 0 Å². The Balaban J connectivity index is -0.0000000500. The third kappa shape index (κ3) is 117. The van der Waals surface area contributed by atoms with Crippen LogP contribution in [0.2, 0.25) is 0 Å². The van der Waals surface area contributed by atoms with Gasteiger partial charge in [0.25, 0.3) is 0 Å². The monoisotopic (exact) mass is 1090 g/mol. The van der Waals surface area contributed by atoms with E-state index in [2.05, 4.69) is 19.9 Å². The number of pyridine rings is 4. The first-order valence-corrected chi connectivity index (χ1v) is 15.8. The molecule has 0 saturated heterocycles. The van der Waals surface area contributed by atoms with Gasteiger partial charge in [-0.2, -0.15) is 0 Å². The molecule has 0 atom stereocenters. The zero-order valence-corrected chi connectivity index (χ0v) is 39.9. The quantitative estimate of drug-likeness (QED) is 0.104. The smallest absolute Gasteiger partial charge is 0.850 e. The van der Waals surface area contributed by atoms with Crippen molar-refractivity contribution >= 4 is 53.0 Å². The van der Waals surface area contributed by atoms with Gasteiger partial charge in [0.05, 0.1) is 5.34 Å². The summed E-state index contributed by atoms with van der Waals surface area (Å²) >= 11 is 9.53. The number of carbonyl (C=O) groups excluding carboxylic acids is 5. The molecule has 0 saturated carbocycles. The predicted octanol–water partition coefficient (Wildman–Crippen LogP) is -5.96. The third-order valence-corrected chi connectivity index (χ3v) is 3.50. The van der Waals surface area contributed by atoms with Crippen LogP contribution in [0, 0.1) is 0 Å². The molecule has 0 aliphatic carbocycles. The summed E-state index contributed by atoms with van der Waals surface area (Å²) in [6.45, 7) is 3.98. The van der Waals surface area contributed by atoms with E-state index >= 15 is 0 Å². The molecule has 4 heterocycles. The van der Waals surface area contributed by atoms with E-state index in [0.717, 1.165) is 34.6 Å². The molecule has 0 aromatic carbocycles. The summed E-state index contributed by atoms with van der Waals surface area (Å²) in [7, 11) is 0. The van der Waals surface area contributed by atoms with E-state index in [4.69, 9.17) is 72.7 Å². The van der Waals surface area contributed by atoms with Gasteiger partial charge in [0, 0.05) is 77.4 Å². The molecule has 19 nitrogen and oxygen atoms in total. The number of hydrogen-bond donors (Lipinski definition) is 0. The Morgan fingerprint density at radius 1 is 0.417 bits per heavy atom. The van der Waals surface area contributed by atoms with Gasteiger partial charge >= 0.3 is 82.2 Å². The number of aromatic nitrogens is 4. The second kappa shape index (κ2) is 70.5. The van der Waals surface area contributed by atoms with Crippen LogP contribution < -0.4 is 46.0 Å². The average molecular weight is 1100 g/mol. The minimum Gasteiger partial charge on any atom is -0.850 e. The molecule has 340 valence electrons. The maximum Gasteiger partial charge on any atom is 3.00 e. The molecule has 3 N–H and O–H groups in total. The number of nitrogens with zero attached hydrogens (tertiary/aromatic N) is 4. The normalized spacial score (nSPS) is 7.25. The summed E-state index contributed by atoms with van der Waals surface area (Å²) < 4.78 is 0. The van der Waals surface area contributed by atoms with E-state index < -0.39 is 29.8 Å². The van der Waals surface area contributed by atoms with Gasteiger partial charge in [-0.1, -0.05) is 50.7 Å². The van der Waals surface area contributed by atoms with Gasteiger partial charge in [-0.15, -0.1) is 23.2 Å². The number of halogens is 2. The van der Waals surface area contributed by atoms with Crippen LogP contribution in [0.1, 0.15) is 57.4 Å². The van der Waals surface area contributed by atoms with E-state index in [1.54, 1.807) is 97.6 Å². The molecule has 4 aromatic heterocycles. The summed E-state index contributed by atoms with van der Waals surface area (Å²) in [4.78, 5) is 59.6. The number of alkyl halides is 2. The number of carboxylic acids is 5. The Bertz CT molecular complexity index is 1210. The molecular weight excluding hydrogens is 1050 g/mol. The van der Waals surface area contributed by atoms with Crippen molar-refractivity contribution in [2.45, 2.75) is 61.0 Å². The second-order valence-corrected chi connectivity index (χ2v) is 9.23. The van der Waals surface area contributed by atoms with Gasteiger partial charge in [0.2, 0.25) is 0 Å². The third-order valence-electron chi connectivity index (χ3n) is 3.50. The Morgan fingerprint density at radius 2 is 0.533 bits per heavy atom. The van der Waals surface area contributed by atoms with Gasteiger partial charge < -0.3 is 75.4 Å². The molecule has 0 bridgehead atoms. The average Bonchev–Trinajstić information content (AvgIpc) is 3.13. The Morgan fingerprint density at radius 3 is 0.583 bits per heavy atom. The van der Waals surface area contributed by atoms with Crippen LogP contribution in [0.15, 0.2) is 97.6 Å². The zero-order chi connectivity index (χ0) is 43.9. The number of hydrogen-bond acceptors (Lipinski definition) is 18. The van der Waals surface area contributed by atoms with E-state index in [9.17, 15) is 20.4 Å². The first-order chi connectivity index (χ1) is 25.8. The largest absolute Gasteiger partial charge is 3.00 e. The standard InChI is InChI=1S/4C6H6NO.5C2H4O2.CH2Cl2.3Ni.H2O.Y/c4*8-5-6-3-1-2-4-7-6;5*1-2(3)4;2-1-3;;;;;/h4*1-4H,5H2;5*1H3,(H,3,4);1H2;;;;1H2;/q4*-1;;;;;;;3*+2;;+3/p-4. The molecule has 0 aliphatic heterocycles. The van der Waals surface area contributed by atoms with E-state index in [1.165, 1.54) is 0 Å². The summed E-state index contributed by atoms with van der Waals surface area (Å²) in [6.07, 6.45) is 6.47. The van der Waals surface area contributed by atoms with Crippen LogP contribution in [-0.4, -0.2) is 55.1 Å². The minimum atomic E-state index is -1.08. The van der Waals surface area contributed by atoms with Crippen molar-refractivity contribution in [2.75, 3.05) is 5.34 Å². The zero-order valence-electron chi connectivity index (χ0n) is 32.6. The maximum absolute atomic E-state index is 10.1. The van der Waals surface area contributed by atoms with Gasteiger partial charge in [-0.3, -0.25) is 19.9 Å². The molecule has 0 unspecified atom stereocenters. The molecular formula is C35H44Cl2N4Ni3O15Y+. The minimum absolute atomic E-state index is 0. The summed E-state index contributed by atoms with van der Waals surface area (Å²) in [5.41, 5.74) is 2.42. The van der Waals surface area contributed by atoms with Crippen molar-refractivity contribution in [1.82, 2.24) is 19.9 Å². The maximum atomic E-state index is 10.1. The Kier molecular flexibility index (Phi) is 99.1. The molecule has 0 spiro atoms. The predicted molar refractivity (Wildman–Crippen MR) is 187 cm³/mol. The topological polar surface area (TPSA) is 377 Å². The molecule has 0 radical (unpaired) electrons. The van der Waals surface area contributed by atoms with E-state index in [0.29, 0.717) is 22.8 Å². The second-order valence-electron chi connectivity index (χ2n) is 8.42. The number of carboxylic acid groups (broad SMARTS) is 5. The van der Waals surface area contributed by atoms with Crippen LogP contribution in [0.25, 0.3) is 0 Å². The van der Waals surface area contributed by atoms with Crippen LogP contribution in [-0.2, 0) is 138 Å². The van der Waals surface area contributed by atoms with E-state index in [-0.39, 0.29) is 119 Å². The fourth-order valence-corrected chi connectivity index (χ4v) is 1.93. The van der Waals surface area contributed by atoms with Crippen LogP contribution in [0.3, 0.4) is 0 Å². The number of carbonyl (C=O) groups is 5. The molecule has 0 amide bonds. The van der Waals surface area contributed by atoms with Gasteiger partial charge in [-0.25, -0.2) is 0 Å². The first kappa shape index (κ1) is 84.4. The molecule has 0 aliphatic rings. The van der Waals surface area contributed by atoms with Crippen LogP contribution in [0.4, 0.5) is 0 Å². The Hall–Kier alpha value is -3.09. The van der Waals surface area contributed by atoms with Crippen molar-refractivity contribution in [3.8, 4) is 0 Å². The Labute approximate surface area is 414 Å². The van der Waals surface area contributed by atoms with Crippen molar-refractivity contribution < 1.29 is 158 Å². The molecule has 4 rings (SSSR count). The molecule has 0 fully saturated rings.